The Balaban J connectivity index is 1.54. The van der Waals surface area contributed by atoms with E-state index in [0.29, 0.717) is 43.3 Å². The third kappa shape index (κ3) is 4.53. The maximum Gasteiger partial charge on any atom is 0.338 e. The molecule has 0 N–H and O–H groups in total. The molecule has 40 heavy (non-hydrogen) atoms. The number of furan rings is 1. The van der Waals surface area contributed by atoms with Crippen LogP contribution in [0.1, 0.15) is 34.7 Å². The standard InChI is InChI=1S/C31H21N3O4S2/c1-2-37-30(36)26-27(19-9-4-3-5-10-19)33-31-34(28(26)24-13-8-16-39-24)29(35)25(40-31)17-21-14-15-23(38-21)22-12-7-6-11-20(22)18-32/h3-17,28H,2H2,1H3/b25-17-/t28-/m0/s1. The number of hydrogen-bond acceptors (Lipinski definition) is 8. The second kappa shape index (κ2) is 10.8. The van der Waals surface area contributed by atoms with Crippen LogP contribution in [0.25, 0.3) is 23.1 Å². The number of ether oxygens (including phenoxy) is 1. The van der Waals surface area contributed by atoms with Crippen molar-refractivity contribution in [1.29, 1.82) is 5.26 Å². The highest BCUT2D eigenvalue weighted by molar-refractivity contribution is 7.10. The van der Waals surface area contributed by atoms with E-state index in [1.165, 1.54) is 22.7 Å². The van der Waals surface area contributed by atoms with Crippen molar-refractivity contribution in [2.24, 2.45) is 4.99 Å². The van der Waals surface area contributed by atoms with Gasteiger partial charge in [0.05, 0.1) is 34.0 Å². The van der Waals surface area contributed by atoms with Crippen LogP contribution >= 0.6 is 22.7 Å². The number of carbonyl (C=O) groups is 1. The van der Waals surface area contributed by atoms with Crippen LogP contribution in [0.3, 0.4) is 0 Å². The van der Waals surface area contributed by atoms with Crippen LogP contribution in [-0.4, -0.2) is 17.1 Å². The average Bonchev–Trinajstić information content (AvgIpc) is 3.74. The summed E-state index contributed by atoms with van der Waals surface area (Å²) in [6.07, 6.45) is 1.67. The SMILES string of the molecule is CCOC(=O)C1=C(c2ccccc2)N=c2s/c(=C\c3ccc(-c4ccccc4C#N)o3)c(=O)n2[C@H]1c1cccs1. The van der Waals surface area contributed by atoms with Crippen molar-refractivity contribution in [2.45, 2.75) is 13.0 Å². The molecule has 1 aliphatic rings. The van der Waals surface area contributed by atoms with E-state index in [1.807, 2.05) is 60.0 Å². The van der Waals surface area contributed by atoms with Gasteiger partial charge in [0.1, 0.15) is 17.6 Å². The lowest BCUT2D eigenvalue weighted by Gasteiger charge is -2.24. The minimum atomic E-state index is -0.692. The number of hydrogen-bond donors (Lipinski definition) is 0. The fraction of sp³-hybridized carbons (Fsp3) is 0.0968. The number of thiazole rings is 1. The zero-order valence-corrected chi connectivity index (χ0v) is 22.9. The van der Waals surface area contributed by atoms with Gasteiger partial charge in [0.25, 0.3) is 5.56 Å². The molecule has 2 aromatic carbocycles. The molecule has 0 saturated carbocycles. The molecule has 0 aliphatic carbocycles. The molecule has 0 radical (unpaired) electrons. The van der Waals surface area contributed by atoms with Crippen LogP contribution in [0.15, 0.2) is 104 Å². The molecule has 0 unspecified atom stereocenters. The van der Waals surface area contributed by atoms with Crippen molar-refractivity contribution in [3.63, 3.8) is 0 Å². The van der Waals surface area contributed by atoms with Crippen molar-refractivity contribution in [1.82, 2.24) is 4.57 Å². The summed E-state index contributed by atoms with van der Waals surface area (Å²) in [5.41, 5.74) is 2.46. The van der Waals surface area contributed by atoms with E-state index in [2.05, 4.69) is 6.07 Å². The van der Waals surface area contributed by atoms with Crippen molar-refractivity contribution in [2.75, 3.05) is 6.61 Å². The topological polar surface area (TPSA) is 97.6 Å². The lowest BCUT2D eigenvalue weighted by molar-refractivity contribution is -0.138. The zero-order chi connectivity index (χ0) is 27.6. The summed E-state index contributed by atoms with van der Waals surface area (Å²) in [6, 6.07) is 25.5. The molecule has 0 saturated heterocycles. The monoisotopic (exact) mass is 563 g/mol. The van der Waals surface area contributed by atoms with Gasteiger partial charge in [-0.2, -0.15) is 5.26 Å². The summed E-state index contributed by atoms with van der Waals surface area (Å²) in [7, 11) is 0. The minimum absolute atomic E-state index is 0.196. The molecular formula is C31H21N3O4S2. The highest BCUT2D eigenvalue weighted by atomic mass is 32.1. The highest BCUT2D eigenvalue weighted by Gasteiger charge is 2.35. The van der Waals surface area contributed by atoms with Crippen LogP contribution in [0, 0.1) is 11.3 Å². The summed E-state index contributed by atoms with van der Waals surface area (Å²) in [4.78, 5) is 33.4. The van der Waals surface area contributed by atoms with E-state index in [4.69, 9.17) is 14.1 Å². The van der Waals surface area contributed by atoms with Crippen molar-refractivity contribution in [3.05, 3.63) is 131 Å². The third-order valence-corrected chi connectivity index (χ3v) is 8.31. The predicted molar refractivity (Wildman–Crippen MR) is 154 cm³/mol. The van der Waals surface area contributed by atoms with Gasteiger partial charge in [0, 0.05) is 22.1 Å². The number of fused-ring (bicyclic) bond motifs is 1. The second-order valence-corrected chi connectivity index (χ2v) is 10.8. The van der Waals surface area contributed by atoms with Gasteiger partial charge in [0.15, 0.2) is 4.80 Å². The fourth-order valence-corrected chi connectivity index (χ4v) is 6.46. The molecule has 0 amide bonds. The lowest BCUT2D eigenvalue weighted by atomic mass is 9.97. The number of benzene rings is 2. The number of rotatable bonds is 6. The van der Waals surface area contributed by atoms with Gasteiger partial charge in [0.2, 0.25) is 0 Å². The Morgan fingerprint density at radius 2 is 1.90 bits per heavy atom. The maximum absolute atomic E-state index is 13.9. The Labute approximate surface area is 236 Å². The number of carbonyl (C=O) groups excluding carboxylic acids is 1. The third-order valence-electron chi connectivity index (χ3n) is 6.40. The van der Waals surface area contributed by atoms with Gasteiger partial charge < -0.3 is 9.15 Å². The van der Waals surface area contributed by atoms with E-state index in [-0.39, 0.29) is 12.2 Å². The Morgan fingerprint density at radius 1 is 1.10 bits per heavy atom. The molecule has 4 heterocycles. The number of thiophene rings is 1. The first-order chi connectivity index (χ1) is 19.6. The van der Waals surface area contributed by atoms with Crippen molar-refractivity contribution >= 4 is 40.4 Å². The van der Waals surface area contributed by atoms with Gasteiger partial charge in [-0.25, -0.2) is 9.79 Å². The Hall–Kier alpha value is -4.78. The van der Waals surface area contributed by atoms with Gasteiger partial charge in [-0.1, -0.05) is 59.9 Å². The summed E-state index contributed by atoms with van der Waals surface area (Å²) in [5, 5.41) is 11.4. The summed E-state index contributed by atoms with van der Waals surface area (Å²) in [5.74, 6) is 0.488. The van der Waals surface area contributed by atoms with Crippen LogP contribution in [0.5, 0.6) is 0 Å². The molecule has 6 rings (SSSR count). The first-order valence-corrected chi connectivity index (χ1v) is 14.2. The normalized spacial score (nSPS) is 14.9. The molecule has 9 heteroatoms. The molecular weight excluding hydrogens is 542 g/mol. The summed E-state index contributed by atoms with van der Waals surface area (Å²) >= 11 is 2.69. The highest BCUT2D eigenvalue weighted by Crippen LogP contribution is 2.36. The van der Waals surface area contributed by atoms with E-state index in [9.17, 15) is 14.9 Å². The molecule has 1 aliphatic heterocycles. The van der Waals surface area contributed by atoms with E-state index >= 15 is 0 Å². The predicted octanol–water partition coefficient (Wildman–Crippen LogP) is 5.13. The molecule has 1 atom stereocenters. The van der Waals surface area contributed by atoms with E-state index < -0.39 is 12.0 Å². The van der Waals surface area contributed by atoms with E-state index in [0.717, 1.165) is 10.4 Å². The van der Waals surface area contributed by atoms with Gasteiger partial charge in [-0.3, -0.25) is 9.36 Å². The lowest BCUT2D eigenvalue weighted by Crippen LogP contribution is -2.39. The Morgan fingerprint density at radius 3 is 2.65 bits per heavy atom. The molecule has 7 nitrogen and oxygen atoms in total. The molecule has 3 aromatic heterocycles. The van der Waals surface area contributed by atoms with Gasteiger partial charge in [-0.05, 0) is 42.6 Å². The zero-order valence-electron chi connectivity index (χ0n) is 21.2. The summed E-state index contributed by atoms with van der Waals surface area (Å²) < 4.78 is 13.5. The first kappa shape index (κ1) is 25.5. The summed E-state index contributed by atoms with van der Waals surface area (Å²) in [6.45, 7) is 1.95. The number of aromatic nitrogens is 1. The molecule has 0 spiro atoms. The van der Waals surface area contributed by atoms with Crippen LogP contribution < -0.4 is 14.9 Å². The number of esters is 1. The number of nitrogens with zero attached hydrogens (tertiary/aromatic N) is 3. The van der Waals surface area contributed by atoms with Crippen molar-refractivity contribution < 1.29 is 13.9 Å². The second-order valence-electron chi connectivity index (χ2n) is 8.81. The Bertz CT molecular complexity index is 1970. The molecule has 5 aromatic rings. The van der Waals surface area contributed by atoms with Gasteiger partial charge >= 0.3 is 5.97 Å². The fourth-order valence-electron chi connectivity index (χ4n) is 4.66. The quantitative estimate of drug-likeness (QED) is 0.267. The minimum Gasteiger partial charge on any atom is -0.463 e. The Kier molecular flexibility index (Phi) is 6.86. The smallest absolute Gasteiger partial charge is 0.338 e. The molecule has 196 valence electrons. The van der Waals surface area contributed by atoms with E-state index in [1.54, 1.807) is 41.8 Å². The largest absolute Gasteiger partial charge is 0.463 e. The first-order valence-electron chi connectivity index (χ1n) is 12.5. The van der Waals surface area contributed by atoms with Crippen LogP contribution in [0.4, 0.5) is 0 Å². The average molecular weight is 564 g/mol. The van der Waals surface area contributed by atoms with Crippen LogP contribution in [-0.2, 0) is 9.53 Å². The van der Waals surface area contributed by atoms with Gasteiger partial charge in [-0.15, -0.1) is 11.3 Å². The van der Waals surface area contributed by atoms with Crippen LogP contribution in [0.2, 0.25) is 0 Å². The molecule has 0 bridgehead atoms. The molecule has 0 fully saturated rings. The maximum atomic E-state index is 13.9. The van der Waals surface area contributed by atoms with Crippen molar-refractivity contribution in [3.8, 4) is 17.4 Å². The number of nitriles is 1.